The zero-order chi connectivity index (χ0) is 13.5. The van der Waals surface area contributed by atoms with Gasteiger partial charge in [-0.05, 0) is 37.6 Å². The Morgan fingerprint density at radius 3 is 2.78 bits per heavy atom. The van der Waals surface area contributed by atoms with Gasteiger partial charge in [-0.25, -0.2) is 0 Å². The quantitative estimate of drug-likeness (QED) is 0.786. The van der Waals surface area contributed by atoms with Crippen LogP contribution in [0.15, 0.2) is 0 Å². The third-order valence-corrected chi connectivity index (χ3v) is 3.67. The van der Waals surface area contributed by atoms with Crippen LogP contribution < -0.4 is 5.73 Å². The third kappa shape index (κ3) is 4.94. The highest BCUT2D eigenvalue weighted by molar-refractivity contribution is 5.76. The minimum absolute atomic E-state index is 0.212. The van der Waals surface area contributed by atoms with Crippen molar-refractivity contribution >= 4 is 5.91 Å². The standard InChI is InChI=1S/C14H28N2O2/c1-11(2)7-12(9-15)8-14(17)16-6-4-5-13(10-16)18-3/h11-13H,4-10,15H2,1-3H3/t12-,13?/m0/s1. The summed E-state index contributed by atoms with van der Waals surface area (Å²) in [5.74, 6) is 1.16. The second-order valence-corrected chi connectivity index (χ2v) is 5.78. The van der Waals surface area contributed by atoms with Gasteiger partial charge in [0.15, 0.2) is 0 Å². The Kier molecular flexibility index (Phi) is 6.65. The number of carbonyl (C=O) groups is 1. The lowest BCUT2D eigenvalue weighted by molar-refractivity contribution is -0.135. The van der Waals surface area contributed by atoms with Crippen LogP contribution in [0.3, 0.4) is 0 Å². The maximum Gasteiger partial charge on any atom is 0.222 e. The lowest BCUT2D eigenvalue weighted by Crippen LogP contribution is -2.43. The number of carbonyl (C=O) groups excluding carboxylic acids is 1. The molecule has 2 N–H and O–H groups in total. The van der Waals surface area contributed by atoms with Crippen LogP contribution in [0, 0.1) is 11.8 Å². The lowest BCUT2D eigenvalue weighted by Gasteiger charge is -2.33. The molecule has 0 spiro atoms. The van der Waals surface area contributed by atoms with Gasteiger partial charge in [0.2, 0.25) is 5.91 Å². The molecule has 1 rings (SSSR count). The zero-order valence-electron chi connectivity index (χ0n) is 12.0. The molecule has 4 nitrogen and oxygen atoms in total. The molecule has 1 aliphatic heterocycles. The molecule has 0 bridgehead atoms. The van der Waals surface area contributed by atoms with Gasteiger partial charge < -0.3 is 15.4 Å². The van der Waals surface area contributed by atoms with E-state index < -0.39 is 0 Å². The first kappa shape index (κ1) is 15.4. The van der Waals surface area contributed by atoms with E-state index in [1.165, 1.54) is 0 Å². The summed E-state index contributed by atoms with van der Waals surface area (Å²) < 4.78 is 5.35. The molecule has 0 aromatic rings. The summed E-state index contributed by atoms with van der Waals surface area (Å²) in [7, 11) is 1.72. The monoisotopic (exact) mass is 256 g/mol. The van der Waals surface area contributed by atoms with Crippen LogP contribution in [0.25, 0.3) is 0 Å². The Hall–Kier alpha value is -0.610. The number of rotatable bonds is 6. The minimum atomic E-state index is 0.212. The Morgan fingerprint density at radius 2 is 2.22 bits per heavy atom. The van der Waals surface area contributed by atoms with E-state index in [4.69, 9.17) is 10.5 Å². The Balaban J connectivity index is 2.42. The van der Waals surface area contributed by atoms with Crippen molar-refractivity contribution in [2.75, 3.05) is 26.7 Å². The number of ether oxygens (including phenoxy) is 1. The molecule has 0 aliphatic carbocycles. The Bertz CT molecular complexity index is 256. The van der Waals surface area contributed by atoms with Gasteiger partial charge >= 0.3 is 0 Å². The molecule has 1 unspecified atom stereocenters. The van der Waals surface area contributed by atoms with Gasteiger partial charge in [-0.3, -0.25) is 4.79 Å². The molecule has 1 fully saturated rings. The topological polar surface area (TPSA) is 55.6 Å². The van der Waals surface area contributed by atoms with Gasteiger partial charge in [-0.2, -0.15) is 0 Å². The van der Waals surface area contributed by atoms with Crippen LogP contribution in [0.5, 0.6) is 0 Å². The van der Waals surface area contributed by atoms with Crippen molar-refractivity contribution in [1.29, 1.82) is 0 Å². The fourth-order valence-corrected chi connectivity index (χ4v) is 2.66. The molecule has 0 aromatic heterocycles. The molecule has 1 amide bonds. The van der Waals surface area contributed by atoms with Crippen molar-refractivity contribution in [3.63, 3.8) is 0 Å². The van der Waals surface area contributed by atoms with Crippen molar-refractivity contribution in [3.8, 4) is 0 Å². The maximum absolute atomic E-state index is 12.2. The number of likely N-dealkylation sites (tertiary alicyclic amines) is 1. The van der Waals surface area contributed by atoms with Crippen LogP contribution in [-0.4, -0.2) is 43.7 Å². The number of hydrogen-bond acceptors (Lipinski definition) is 3. The van der Waals surface area contributed by atoms with E-state index >= 15 is 0 Å². The van der Waals surface area contributed by atoms with E-state index in [1.807, 2.05) is 4.90 Å². The van der Waals surface area contributed by atoms with E-state index in [1.54, 1.807) is 7.11 Å². The van der Waals surface area contributed by atoms with E-state index in [9.17, 15) is 4.79 Å². The summed E-state index contributed by atoms with van der Waals surface area (Å²) in [6.45, 7) is 6.57. The predicted molar refractivity (Wildman–Crippen MR) is 73.2 cm³/mol. The fraction of sp³-hybridized carbons (Fsp3) is 0.929. The van der Waals surface area contributed by atoms with Gasteiger partial charge in [0.1, 0.15) is 0 Å². The number of amides is 1. The molecule has 2 atom stereocenters. The summed E-state index contributed by atoms with van der Waals surface area (Å²) in [6, 6.07) is 0. The zero-order valence-corrected chi connectivity index (χ0v) is 12.0. The average Bonchev–Trinajstić information content (AvgIpc) is 2.37. The fourth-order valence-electron chi connectivity index (χ4n) is 2.66. The second-order valence-electron chi connectivity index (χ2n) is 5.78. The van der Waals surface area contributed by atoms with Crippen molar-refractivity contribution in [2.24, 2.45) is 17.6 Å². The van der Waals surface area contributed by atoms with Crippen LogP contribution >= 0.6 is 0 Å². The van der Waals surface area contributed by atoms with Gasteiger partial charge in [-0.1, -0.05) is 13.8 Å². The smallest absolute Gasteiger partial charge is 0.222 e. The highest BCUT2D eigenvalue weighted by Crippen LogP contribution is 2.18. The number of nitrogens with two attached hydrogens (primary N) is 1. The minimum Gasteiger partial charge on any atom is -0.380 e. The summed E-state index contributed by atoms with van der Waals surface area (Å²) >= 11 is 0. The molecule has 1 aliphatic rings. The number of piperidine rings is 1. The number of methoxy groups -OCH3 is 1. The lowest BCUT2D eigenvalue weighted by atomic mass is 9.93. The summed E-state index contributed by atoms with van der Waals surface area (Å²) in [4.78, 5) is 14.2. The highest BCUT2D eigenvalue weighted by atomic mass is 16.5. The largest absolute Gasteiger partial charge is 0.380 e. The first-order valence-corrected chi connectivity index (χ1v) is 7.07. The maximum atomic E-state index is 12.2. The molecule has 4 heteroatoms. The van der Waals surface area contributed by atoms with Crippen molar-refractivity contribution in [1.82, 2.24) is 4.90 Å². The van der Waals surface area contributed by atoms with Crippen LogP contribution in [0.4, 0.5) is 0 Å². The van der Waals surface area contributed by atoms with E-state index in [2.05, 4.69) is 13.8 Å². The Labute approximate surface area is 111 Å². The third-order valence-electron chi connectivity index (χ3n) is 3.67. The summed E-state index contributed by atoms with van der Waals surface area (Å²) in [5, 5.41) is 0. The summed E-state index contributed by atoms with van der Waals surface area (Å²) in [5.41, 5.74) is 5.76. The van der Waals surface area contributed by atoms with Gasteiger partial charge in [0.05, 0.1) is 6.10 Å². The molecule has 0 aromatic carbocycles. The summed E-state index contributed by atoms with van der Waals surface area (Å²) in [6.07, 6.45) is 3.94. The van der Waals surface area contributed by atoms with Crippen LogP contribution in [0.2, 0.25) is 0 Å². The second kappa shape index (κ2) is 7.74. The molecule has 0 saturated carbocycles. The van der Waals surface area contributed by atoms with Gasteiger partial charge in [-0.15, -0.1) is 0 Å². The molecule has 1 heterocycles. The first-order valence-electron chi connectivity index (χ1n) is 7.07. The van der Waals surface area contributed by atoms with Gasteiger partial charge in [0, 0.05) is 26.6 Å². The van der Waals surface area contributed by atoms with Crippen LogP contribution in [-0.2, 0) is 9.53 Å². The van der Waals surface area contributed by atoms with Crippen molar-refractivity contribution in [3.05, 3.63) is 0 Å². The molecule has 0 radical (unpaired) electrons. The van der Waals surface area contributed by atoms with Crippen molar-refractivity contribution in [2.45, 2.75) is 45.6 Å². The molecule has 18 heavy (non-hydrogen) atoms. The van der Waals surface area contributed by atoms with Gasteiger partial charge in [0.25, 0.3) is 0 Å². The normalized spacial score (nSPS) is 22.3. The van der Waals surface area contributed by atoms with Crippen LogP contribution in [0.1, 0.15) is 39.5 Å². The number of hydrogen-bond donors (Lipinski definition) is 1. The van der Waals surface area contributed by atoms with E-state index in [-0.39, 0.29) is 12.0 Å². The number of nitrogens with zero attached hydrogens (tertiary/aromatic N) is 1. The predicted octanol–water partition coefficient (Wildman–Crippen LogP) is 1.63. The van der Waals surface area contributed by atoms with Crippen molar-refractivity contribution < 1.29 is 9.53 Å². The van der Waals surface area contributed by atoms with E-state index in [0.29, 0.717) is 24.8 Å². The molecular weight excluding hydrogens is 228 g/mol. The first-order chi connectivity index (χ1) is 8.56. The molecule has 106 valence electrons. The molecular formula is C14H28N2O2. The Morgan fingerprint density at radius 1 is 1.50 bits per heavy atom. The molecule has 1 saturated heterocycles. The SMILES string of the molecule is COC1CCCN(C(=O)C[C@@H](CN)CC(C)C)C1. The van der Waals surface area contributed by atoms with E-state index in [0.717, 1.165) is 32.4 Å². The highest BCUT2D eigenvalue weighted by Gasteiger charge is 2.25. The average molecular weight is 256 g/mol.